The molecule has 3 rings (SSSR count). The lowest BCUT2D eigenvalue weighted by molar-refractivity contribution is 0.263. The van der Waals surface area contributed by atoms with E-state index in [1.54, 1.807) is 0 Å². The van der Waals surface area contributed by atoms with Crippen LogP contribution >= 0.6 is 0 Å². The summed E-state index contributed by atoms with van der Waals surface area (Å²) < 4.78 is 0. The van der Waals surface area contributed by atoms with Crippen molar-refractivity contribution < 1.29 is 0 Å². The summed E-state index contributed by atoms with van der Waals surface area (Å²) in [6.07, 6.45) is 2.68. The number of anilines is 2. The van der Waals surface area contributed by atoms with Crippen LogP contribution in [0.4, 0.5) is 11.4 Å². The number of nitrogens with one attached hydrogen (secondary N) is 1. The van der Waals surface area contributed by atoms with Gasteiger partial charge in [-0.15, -0.1) is 0 Å². The molecule has 1 heterocycles. The molecular formula is C18H21N2. The summed E-state index contributed by atoms with van der Waals surface area (Å²) in [7, 11) is 0. The molecule has 1 unspecified atom stereocenters. The fourth-order valence-corrected chi connectivity index (χ4v) is 2.82. The first-order chi connectivity index (χ1) is 9.83. The summed E-state index contributed by atoms with van der Waals surface area (Å²) in [4.78, 5) is 2.56. The van der Waals surface area contributed by atoms with Gasteiger partial charge in [-0.3, -0.25) is 4.90 Å². The summed E-state index contributed by atoms with van der Waals surface area (Å²) in [6, 6.07) is 20.3. The Bertz CT molecular complexity index is 527. The molecular weight excluding hydrogens is 244 g/mol. The van der Waals surface area contributed by atoms with Gasteiger partial charge in [-0.1, -0.05) is 24.3 Å². The van der Waals surface area contributed by atoms with Crippen molar-refractivity contribution in [1.82, 2.24) is 4.90 Å². The summed E-state index contributed by atoms with van der Waals surface area (Å²) in [5.41, 5.74) is 3.64. The quantitative estimate of drug-likeness (QED) is 0.882. The molecule has 20 heavy (non-hydrogen) atoms. The molecule has 103 valence electrons. The van der Waals surface area contributed by atoms with Crippen LogP contribution in [-0.2, 0) is 0 Å². The van der Waals surface area contributed by atoms with Crippen LogP contribution in [0.15, 0.2) is 48.5 Å². The second-order valence-corrected chi connectivity index (χ2v) is 5.45. The molecule has 1 atom stereocenters. The van der Waals surface area contributed by atoms with E-state index in [2.05, 4.69) is 47.5 Å². The maximum atomic E-state index is 3.41. The highest BCUT2D eigenvalue weighted by Crippen LogP contribution is 2.26. The fourth-order valence-electron chi connectivity index (χ4n) is 2.82. The van der Waals surface area contributed by atoms with Crippen molar-refractivity contribution in [3.63, 3.8) is 0 Å². The van der Waals surface area contributed by atoms with Crippen molar-refractivity contribution in [2.75, 3.05) is 18.4 Å². The molecule has 0 amide bonds. The van der Waals surface area contributed by atoms with Gasteiger partial charge in [0.15, 0.2) is 0 Å². The van der Waals surface area contributed by atoms with Crippen LogP contribution in [0.25, 0.3) is 0 Å². The SMILES string of the molecule is CC(c1ccc(Nc2cc[c]cc2)cc1)N1CCCC1. The molecule has 0 aromatic heterocycles. The van der Waals surface area contributed by atoms with Gasteiger partial charge in [-0.05, 0) is 68.8 Å². The Kier molecular flexibility index (Phi) is 4.03. The molecule has 1 N–H and O–H groups in total. The molecule has 1 saturated heterocycles. The molecule has 2 aromatic rings. The first-order valence-corrected chi connectivity index (χ1v) is 7.40. The van der Waals surface area contributed by atoms with Gasteiger partial charge in [-0.2, -0.15) is 0 Å². The van der Waals surface area contributed by atoms with Crippen LogP contribution in [0.1, 0.15) is 31.4 Å². The zero-order chi connectivity index (χ0) is 13.8. The predicted molar refractivity (Wildman–Crippen MR) is 84.2 cm³/mol. The lowest BCUT2D eigenvalue weighted by Gasteiger charge is -2.24. The largest absolute Gasteiger partial charge is 0.356 e. The number of rotatable bonds is 4. The van der Waals surface area contributed by atoms with Gasteiger partial charge in [0.2, 0.25) is 0 Å². The van der Waals surface area contributed by atoms with Crippen LogP contribution in [0, 0.1) is 6.07 Å². The summed E-state index contributed by atoms with van der Waals surface area (Å²) in [6.45, 7) is 4.78. The standard InChI is InChI=1S/C18H21N2/c1-15(20-13-5-6-14-20)16-9-11-18(12-10-16)19-17-7-3-2-4-8-17/h3-4,7-12,15,19H,5-6,13-14H2,1H3. The minimum atomic E-state index is 0.526. The fraction of sp³-hybridized carbons (Fsp3) is 0.333. The smallest absolute Gasteiger partial charge is 0.0384 e. The molecule has 1 aliphatic rings. The average molecular weight is 265 g/mol. The first-order valence-electron chi connectivity index (χ1n) is 7.40. The number of likely N-dealkylation sites (tertiary alicyclic amines) is 1. The van der Waals surface area contributed by atoms with Crippen molar-refractivity contribution in [1.29, 1.82) is 0 Å². The van der Waals surface area contributed by atoms with Crippen molar-refractivity contribution >= 4 is 11.4 Å². The molecule has 2 nitrogen and oxygen atoms in total. The Morgan fingerprint density at radius 1 is 0.950 bits per heavy atom. The van der Waals surface area contributed by atoms with Gasteiger partial charge < -0.3 is 5.32 Å². The van der Waals surface area contributed by atoms with Crippen LogP contribution in [0.2, 0.25) is 0 Å². The van der Waals surface area contributed by atoms with Crippen LogP contribution in [0.5, 0.6) is 0 Å². The Morgan fingerprint density at radius 3 is 2.20 bits per heavy atom. The molecule has 0 aliphatic carbocycles. The first kappa shape index (κ1) is 13.2. The van der Waals surface area contributed by atoms with Crippen molar-refractivity contribution in [2.45, 2.75) is 25.8 Å². The lowest BCUT2D eigenvalue weighted by Crippen LogP contribution is -2.23. The van der Waals surface area contributed by atoms with E-state index >= 15 is 0 Å². The minimum absolute atomic E-state index is 0.526. The molecule has 1 radical (unpaired) electrons. The Balaban J connectivity index is 1.68. The highest BCUT2D eigenvalue weighted by atomic mass is 15.2. The van der Waals surface area contributed by atoms with Gasteiger partial charge in [0.1, 0.15) is 0 Å². The lowest BCUT2D eigenvalue weighted by atomic mass is 10.1. The molecule has 0 spiro atoms. The summed E-state index contributed by atoms with van der Waals surface area (Å²) >= 11 is 0. The van der Waals surface area contributed by atoms with Crippen LogP contribution in [-0.4, -0.2) is 18.0 Å². The van der Waals surface area contributed by atoms with E-state index in [-0.39, 0.29) is 0 Å². The topological polar surface area (TPSA) is 15.3 Å². The summed E-state index contributed by atoms with van der Waals surface area (Å²) in [5.74, 6) is 0. The second-order valence-electron chi connectivity index (χ2n) is 5.45. The molecule has 1 aliphatic heterocycles. The van der Waals surface area contributed by atoms with E-state index in [1.165, 1.54) is 31.5 Å². The minimum Gasteiger partial charge on any atom is -0.356 e. The normalized spacial score (nSPS) is 17.1. The molecule has 1 fully saturated rings. The summed E-state index contributed by atoms with van der Waals surface area (Å²) in [5, 5.41) is 3.41. The Hall–Kier alpha value is -1.80. The third-order valence-electron chi connectivity index (χ3n) is 4.09. The Labute approximate surface area is 121 Å². The maximum absolute atomic E-state index is 3.41. The number of nitrogens with zero attached hydrogens (tertiary/aromatic N) is 1. The van der Waals surface area contributed by atoms with Gasteiger partial charge in [0, 0.05) is 17.4 Å². The van der Waals surface area contributed by atoms with Gasteiger partial charge in [0.05, 0.1) is 0 Å². The van der Waals surface area contributed by atoms with Gasteiger partial charge in [0.25, 0.3) is 0 Å². The van der Waals surface area contributed by atoms with E-state index in [0.29, 0.717) is 6.04 Å². The average Bonchev–Trinajstić information content (AvgIpc) is 3.03. The molecule has 2 aromatic carbocycles. The van der Waals surface area contributed by atoms with E-state index in [4.69, 9.17) is 0 Å². The van der Waals surface area contributed by atoms with Crippen molar-refractivity contribution in [2.24, 2.45) is 0 Å². The van der Waals surface area contributed by atoms with Crippen LogP contribution < -0.4 is 5.32 Å². The number of hydrogen-bond donors (Lipinski definition) is 1. The molecule has 2 heteroatoms. The molecule has 0 saturated carbocycles. The third-order valence-corrected chi connectivity index (χ3v) is 4.09. The highest BCUT2D eigenvalue weighted by Gasteiger charge is 2.18. The zero-order valence-electron chi connectivity index (χ0n) is 12.0. The molecule has 0 bridgehead atoms. The number of hydrogen-bond acceptors (Lipinski definition) is 2. The van der Waals surface area contributed by atoms with E-state index in [0.717, 1.165) is 11.4 Å². The van der Waals surface area contributed by atoms with E-state index in [1.807, 2.05) is 24.3 Å². The monoisotopic (exact) mass is 265 g/mol. The number of benzene rings is 2. The van der Waals surface area contributed by atoms with Gasteiger partial charge >= 0.3 is 0 Å². The highest BCUT2D eigenvalue weighted by molar-refractivity contribution is 5.59. The predicted octanol–water partition coefficient (Wildman–Crippen LogP) is 4.39. The zero-order valence-corrected chi connectivity index (χ0v) is 12.0. The van der Waals surface area contributed by atoms with E-state index < -0.39 is 0 Å². The van der Waals surface area contributed by atoms with Crippen LogP contribution in [0.3, 0.4) is 0 Å². The van der Waals surface area contributed by atoms with E-state index in [9.17, 15) is 0 Å². The Morgan fingerprint density at radius 2 is 1.55 bits per heavy atom. The second kappa shape index (κ2) is 6.10. The van der Waals surface area contributed by atoms with Crippen molar-refractivity contribution in [3.8, 4) is 0 Å². The maximum Gasteiger partial charge on any atom is 0.0384 e. The van der Waals surface area contributed by atoms with Crippen molar-refractivity contribution in [3.05, 3.63) is 60.2 Å². The third kappa shape index (κ3) is 3.02. The van der Waals surface area contributed by atoms with Gasteiger partial charge in [-0.25, -0.2) is 0 Å².